The van der Waals surface area contributed by atoms with Gasteiger partial charge in [0.2, 0.25) is 0 Å². The summed E-state index contributed by atoms with van der Waals surface area (Å²) in [7, 11) is 1.93. The minimum Gasteiger partial charge on any atom is -0.357 e. The zero-order valence-corrected chi connectivity index (χ0v) is 15.6. The first kappa shape index (κ1) is 18.3. The van der Waals surface area contributed by atoms with Gasteiger partial charge in [-0.1, -0.05) is 6.92 Å². The Morgan fingerprint density at radius 3 is 2.67 bits per heavy atom. The minimum atomic E-state index is 0. The first-order chi connectivity index (χ1) is 9.67. The van der Waals surface area contributed by atoms with Crippen molar-refractivity contribution < 1.29 is 0 Å². The van der Waals surface area contributed by atoms with Gasteiger partial charge in [-0.25, -0.2) is 4.99 Å². The largest absolute Gasteiger partial charge is 0.357 e. The van der Waals surface area contributed by atoms with Crippen molar-refractivity contribution in [2.45, 2.75) is 52.1 Å². The number of guanidine groups is 1. The predicted octanol–water partition coefficient (Wildman–Crippen LogP) is 2.67. The monoisotopic (exact) mass is 405 g/mol. The van der Waals surface area contributed by atoms with E-state index < -0.39 is 0 Å². The predicted molar refractivity (Wildman–Crippen MR) is 98.0 cm³/mol. The average molecular weight is 405 g/mol. The maximum absolute atomic E-state index is 4.65. The van der Waals surface area contributed by atoms with Crippen molar-refractivity contribution in [2.75, 3.05) is 6.54 Å². The number of nitrogens with one attached hydrogen (secondary N) is 2. The number of aryl methyl sites for hydroxylation is 1. The second-order valence-electron chi connectivity index (χ2n) is 5.82. The molecule has 0 saturated heterocycles. The van der Waals surface area contributed by atoms with Gasteiger partial charge in [0.05, 0.1) is 12.7 Å². The molecule has 21 heavy (non-hydrogen) atoms. The molecule has 5 nitrogen and oxygen atoms in total. The highest BCUT2D eigenvalue weighted by atomic mass is 127. The summed E-state index contributed by atoms with van der Waals surface area (Å²) in [6.45, 7) is 6.01. The summed E-state index contributed by atoms with van der Waals surface area (Å²) in [6, 6.07) is 0.567. The van der Waals surface area contributed by atoms with Crippen molar-refractivity contribution in [3.05, 3.63) is 18.0 Å². The molecule has 120 valence electrons. The van der Waals surface area contributed by atoms with Crippen LogP contribution < -0.4 is 10.6 Å². The molecule has 0 aliphatic heterocycles. The van der Waals surface area contributed by atoms with Crippen molar-refractivity contribution in [1.82, 2.24) is 20.4 Å². The van der Waals surface area contributed by atoms with E-state index >= 15 is 0 Å². The van der Waals surface area contributed by atoms with E-state index in [-0.39, 0.29) is 24.0 Å². The van der Waals surface area contributed by atoms with E-state index in [0.717, 1.165) is 24.0 Å². The van der Waals surface area contributed by atoms with Crippen LogP contribution in [0.2, 0.25) is 0 Å². The summed E-state index contributed by atoms with van der Waals surface area (Å²) in [4.78, 5) is 4.65. The molecule has 2 N–H and O–H groups in total. The normalized spacial score (nSPS) is 22.5. The van der Waals surface area contributed by atoms with Crippen LogP contribution in [0.25, 0.3) is 0 Å². The molecule has 1 aliphatic rings. The highest BCUT2D eigenvalue weighted by molar-refractivity contribution is 14.0. The van der Waals surface area contributed by atoms with Crippen LogP contribution in [-0.4, -0.2) is 28.3 Å². The third kappa shape index (κ3) is 6.23. The van der Waals surface area contributed by atoms with Gasteiger partial charge < -0.3 is 10.6 Å². The fourth-order valence-corrected chi connectivity index (χ4v) is 2.64. The standard InChI is InChI=1S/C15H27N5.HI/c1-4-16-15(17-9-13-10-18-20(3)11-13)19-14-7-5-12(2)6-8-14;/h10-12,14H,4-9H2,1-3H3,(H2,16,17,19);1H. The first-order valence-electron chi connectivity index (χ1n) is 7.69. The topological polar surface area (TPSA) is 54.2 Å². The molecule has 1 aliphatic carbocycles. The van der Waals surface area contributed by atoms with Gasteiger partial charge in [-0.05, 0) is 38.5 Å². The van der Waals surface area contributed by atoms with Crippen LogP contribution in [0.4, 0.5) is 0 Å². The van der Waals surface area contributed by atoms with E-state index in [0.29, 0.717) is 12.6 Å². The second-order valence-corrected chi connectivity index (χ2v) is 5.82. The summed E-state index contributed by atoms with van der Waals surface area (Å²) in [5, 5.41) is 11.1. The molecule has 0 radical (unpaired) electrons. The molecule has 6 heteroatoms. The molecular formula is C15H28IN5. The van der Waals surface area contributed by atoms with Crippen molar-refractivity contribution >= 4 is 29.9 Å². The van der Waals surface area contributed by atoms with Gasteiger partial charge >= 0.3 is 0 Å². The Morgan fingerprint density at radius 2 is 2.10 bits per heavy atom. The fraction of sp³-hybridized carbons (Fsp3) is 0.733. The number of aromatic nitrogens is 2. The Labute approximate surface area is 145 Å². The van der Waals surface area contributed by atoms with Crippen molar-refractivity contribution in [1.29, 1.82) is 0 Å². The fourth-order valence-electron chi connectivity index (χ4n) is 2.64. The molecule has 1 aromatic rings. The number of hydrogen-bond donors (Lipinski definition) is 2. The lowest BCUT2D eigenvalue weighted by atomic mass is 9.87. The zero-order valence-electron chi connectivity index (χ0n) is 13.3. The highest BCUT2D eigenvalue weighted by Crippen LogP contribution is 2.23. The van der Waals surface area contributed by atoms with E-state index in [4.69, 9.17) is 0 Å². The highest BCUT2D eigenvalue weighted by Gasteiger charge is 2.18. The third-order valence-electron chi connectivity index (χ3n) is 3.88. The molecule has 1 saturated carbocycles. The van der Waals surface area contributed by atoms with Crippen molar-refractivity contribution in [2.24, 2.45) is 18.0 Å². The summed E-state index contributed by atoms with van der Waals surface area (Å²) in [5.41, 5.74) is 1.14. The first-order valence-corrected chi connectivity index (χ1v) is 7.69. The molecule has 1 heterocycles. The minimum absolute atomic E-state index is 0. The maximum atomic E-state index is 4.65. The third-order valence-corrected chi connectivity index (χ3v) is 3.88. The smallest absolute Gasteiger partial charge is 0.191 e. The summed E-state index contributed by atoms with van der Waals surface area (Å²) >= 11 is 0. The molecular weight excluding hydrogens is 377 g/mol. The van der Waals surface area contributed by atoms with Crippen LogP contribution >= 0.6 is 24.0 Å². The van der Waals surface area contributed by atoms with Gasteiger partial charge in [0, 0.05) is 31.4 Å². The van der Waals surface area contributed by atoms with E-state index in [1.54, 1.807) is 0 Å². The van der Waals surface area contributed by atoms with Crippen LogP contribution in [0.15, 0.2) is 17.4 Å². The van der Waals surface area contributed by atoms with E-state index in [1.807, 2.05) is 24.1 Å². The van der Waals surface area contributed by atoms with Crippen LogP contribution in [0.1, 0.15) is 45.1 Å². The number of halogens is 1. The Balaban J connectivity index is 0.00000220. The maximum Gasteiger partial charge on any atom is 0.191 e. The van der Waals surface area contributed by atoms with Crippen LogP contribution in [0.5, 0.6) is 0 Å². The molecule has 2 rings (SSSR count). The lowest BCUT2D eigenvalue weighted by Crippen LogP contribution is -2.44. The number of rotatable bonds is 4. The quantitative estimate of drug-likeness (QED) is 0.460. The van der Waals surface area contributed by atoms with Gasteiger partial charge in [0.15, 0.2) is 5.96 Å². The molecule has 0 spiro atoms. The van der Waals surface area contributed by atoms with Gasteiger partial charge in [-0.3, -0.25) is 4.68 Å². The summed E-state index contributed by atoms with van der Waals surface area (Å²) < 4.78 is 1.81. The lowest BCUT2D eigenvalue weighted by Gasteiger charge is -2.28. The molecule has 1 aromatic heterocycles. The Hall–Kier alpha value is -0.790. The Bertz CT molecular complexity index is 435. The van der Waals surface area contributed by atoms with Crippen LogP contribution in [0, 0.1) is 5.92 Å². The van der Waals surface area contributed by atoms with E-state index in [2.05, 4.69) is 34.6 Å². The van der Waals surface area contributed by atoms with Crippen molar-refractivity contribution in [3.63, 3.8) is 0 Å². The molecule has 1 fully saturated rings. The summed E-state index contributed by atoms with van der Waals surface area (Å²) in [5.74, 6) is 1.80. The lowest BCUT2D eigenvalue weighted by molar-refractivity contribution is 0.329. The molecule has 0 atom stereocenters. The van der Waals surface area contributed by atoms with Gasteiger partial charge in [-0.2, -0.15) is 5.10 Å². The molecule has 0 amide bonds. The van der Waals surface area contributed by atoms with E-state index in [1.165, 1.54) is 25.7 Å². The Kier molecular flexibility index (Phi) is 8.06. The van der Waals surface area contributed by atoms with Gasteiger partial charge in [0.25, 0.3) is 0 Å². The Morgan fingerprint density at radius 1 is 1.38 bits per heavy atom. The number of nitrogens with zero attached hydrogens (tertiary/aromatic N) is 3. The second kappa shape index (κ2) is 9.27. The number of hydrogen-bond acceptors (Lipinski definition) is 2. The molecule has 0 bridgehead atoms. The van der Waals surface area contributed by atoms with Gasteiger partial charge in [-0.15, -0.1) is 24.0 Å². The average Bonchev–Trinajstić information content (AvgIpc) is 2.85. The molecule has 0 unspecified atom stereocenters. The van der Waals surface area contributed by atoms with Crippen LogP contribution in [0.3, 0.4) is 0 Å². The zero-order chi connectivity index (χ0) is 14.4. The summed E-state index contributed by atoms with van der Waals surface area (Å²) in [6.07, 6.45) is 9.01. The van der Waals surface area contributed by atoms with Gasteiger partial charge in [0.1, 0.15) is 0 Å². The van der Waals surface area contributed by atoms with Crippen LogP contribution in [-0.2, 0) is 13.6 Å². The number of aliphatic imine (C=N–C) groups is 1. The van der Waals surface area contributed by atoms with Crippen molar-refractivity contribution in [3.8, 4) is 0 Å². The van der Waals surface area contributed by atoms with E-state index in [9.17, 15) is 0 Å². The molecule has 0 aromatic carbocycles. The SMILES string of the molecule is CCNC(=NCc1cnn(C)c1)NC1CCC(C)CC1.I.